The van der Waals surface area contributed by atoms with Gasteiger partial charge in [0.2, 0.25) is 0 Å². The summed E-state index contributed by atoms with van der Waals surface area (Å²) in [6.07, 6.45) is 0.124. The highest BCUT2D eigenvalue weighted by atomic mass is 19.1. The molecule has 0 aromatic heterocycles. The molecule has 1 radical (unpaired) electrons. The fraction of sp³-hybridized carbons (Fsp3) is 0.833. The van der Waals surface area contributed by atoms with Gasteiger partial charge in [-0.1, -0.05) is 0 Å². The fourth-order valence-corrected chi connectivity index (χ4v) is 0.760. The van der Waals surface area contributed by atoms with Gasteiger partial charge in [0.15, 0.2) is 6.17 Å². The average Bonchev–Trinajstić information content (AvgIpc) is 1.57. The van der Waals surface area contributed by atoms with Gasteiger partial charge in [-0.3, -0.25) is 4.90 Å². The molecule has 1 aliphatic heterocycles. The van der Waals surface area contributed by atoms with Gasteiger partial charge in [-0.25, -0.2) is 4.39 Å². The summed E-state index contributed by atoms with van der Waals surface area (Å²) in [6, 6.07) is 0.509. The molecule has 0 bridgehead atoms. The SMILES string of the molecule is CC(C)N1C[C](F)C1. The number of hydrogen-bond acceptors (Lipinski definition) is 1. The Morgan fingerprint density at radius 1 is 1.50 bits per heavy atom. The molecule has 0 N–H and O–H groups in total. The summed E-state index contributed by atoms with van der Waals surface area (Å²) in [4.78, 5) is 2.08. The largest absolute Gasteiger partial charge is 0.294 e. The minimum absolute atomic E-state index is 0.124. The molecular weight excluding hydrogens is 105 g/mol. The lowest BCUT2D eigenvalue weighted by Crippen LogP contribution is -2.46. The minimum Gasteiger partial charge on any atom is -0.294 e. The van der Waals surface area contributed by atoms with Crippen LogP contribution in [-0.2, 0) is 0 Å². The number of rotatable bonds is 1. The Balaban J connectivity index is 2.15. The third-order valence-corrected chi connectivity index (χ3v) is 1.48. The van der Waals surface area contributed by atoms with Crippen molar-refractivity contribution in [2.75, 3.05) is 13.1 Å². The summed E-state index contributed by atoms with van der Waals surface area (Å²) in [5.74, 6) is 0. The highest BCUT2D eigenvalue weighted by Gasteiger charge is 2.28. The summed E-state index contributed by atoms with van der Waals surface area (Å²) in [7, 11) is 0. The molecule has 0 spiro atoms. The van der Waals surface area contributed by atoms with Crippen LogP contribution in [0.1, 0.15) is 13.8 Å². The van der Waals surface area contributed by atoms with Crippen LogP contribution < -0.4 is 0 Å². The van der Waals surface area contributed by atoms with Gasteiger partial charge < -0.3 is 0 Å². The molecule has 0 aromatic rings. The van der Waals surface area contributed by atoms with Crippen molar-refractivity contribution < 1.29 is 4.39 Å². The quantitative estimate of drug-likeness (QED) is 0.497. The molecule has 0 amide bonds. The Labute approximate surface area is 49.5 Å². The molecule has 2 heteroatoms. The van der Waals surface area contributed by atoms with Crippen LogP contribution in [0.2, 0.25) is 0 Å². The van der Waals surface area contributed by atoms with E-state index in [4.69, 9.17) is 0 Å². The Kier molecular flexibility index (Phi) is 1.52. The molecule has 1 saturated heterocycles. The second-order valence-electron chi connectivity index (χ2n) is 2.52. The van der Waals surface area contributed by atoms with Crippen molar-refractivity contribution in [1.29, 1.82) is 0 Å². The summed E-state index contributed by atoms with van der Waals surface area (Å²) in [5.41, 5.74) is 0. The van der Waals surface area contributed by atoms with Crippen molar-refractivity contribution in [2.45, 2.75) is 19.9 Å². The zero-order chi connectivity index (χ0) is 6.15. The topological polar surface area (TPSA) is 3.24 Å². The molecule has 47 valence electrons. The van der Waals surface area contributed by atoms with E-state index < -0.39 is 0 Å². The van der Waals surface area contributed by atoms with Crippen LogP contribution in [0.3, 0.4) is 0 Å². The zero-order valence-electron chi connectivity index (χ0n) is 5.32. The average molecular weight is 116 g/mol. The van der Waals surface area contributed by atoms with E-state index >= 15 is 0 Å². The standard InChI is InChI=1S/C6H11FN/c1-5(2)8-3-6(7)4-8/h5H,3-4H2,1-2H3. The molecule has 0 atom stereocenters. The lowest BCUT2D eigenvalue weighted by molar-refractivity contribution is 0.110. The Morgan fingerprint density at radius 3 is 2.12 bits per heavy atom. The summed E-state index contributed by atoms with van der Waals surface area (Å²) in [6.45, 7) is 5.29. The first-order valence-corrected chi connectivity index (χ1v) is 2.94. The van der Waals surface area contributed by atoms with Gasteiger partial charge in [-0.2, -0.15) is 0 Å². The molecular formula is C6H11FN. The van der Waals surface area contributed by atoms with E-state index in [9.17, 15) is 4.39 Å². The van der Waals surface area contributed by atoms with Gasteiger partial charge in [0.05, 0.1) is 0 Å². The van der Waals surface area contributed by atoms with E-state index in [-0.39, 0.29) is 6.17 Å². The normalized spacial score (nSPS) is 24.0. The first-order chi connectivity index (χ1) is 3.70. The van der Waals surface area contributed by atoms with E-state index in [1.54, 1.807) is 0 Å². The van der Waals surface area contributed by atoms with Gasteiger partial charge in [-0.15, -0.1) is 0 Å². The van der Waals surface area contributed by atoms with Gasteiger partial charge in [0.25, 0.3) is 0 Å². The van der Waals surface area contributed by atoms with Crippen LogP contribution in [0.5, 0.6) is 0 Å². The maximum absolute atomic E-state index is 12.0. The van der Waals surface area contributed by atoms with Crippen molar-refractivity contribution in [3.63, 3.8) is 0 Å². The Hall–Kier alpha value is -0.110. The molecule has 0 aliphatic carbocycles. The van der Waals surface area contributed by atoms with Crippen LogP contribution in [0.4, 0.5) is 4.39 Å². The molecule has 0 unspecified atom stereocenters. The third kappa shape index (κ3) is 0.996. The maximum Gasteiger partial charge on any atom is 0.172 e. The van der Waals surface area contributed by atoms with Crippen LogP contribution >= 0.6 is 0 Å². The fourth-order valence-electron chi connectivity index (χ4n) is 0.760. The first-order valence-electron chi connectivity index (χ1n) is 2.94. The summed E-state index contributed by atoms with van der Waals surface area (Å²) >= 11 is 0. The smallest absolute Gasteiger partial charge is 0.172 e. The molecule has 0 saturated carbocycles. The van der Waals surface area contributed by atoms with Crippen molar-refractivity contribution in [2.24, 2.45) is 0 Å². The highest BCUT2D eigenvalue weighted by molar-refractivity contribution is 4.96. The molecule has 0 aromatic carbocycles. The van der Waals surface area contributed by atoms with E-state index in [0.29, 0.717) is 19.1 Å². The number of hydrogen-bond donors (Lipinski definition) is 0. The lowest BCUT2D eigenvalue weighted by atomic mass is 10.1. The van der Waals surface area contributed by atoms with Crippen molar-refractivity contribution in [3.05, 3.63) is 6.17 Å². The van der Waals surface area contributed by atoms with Gasteiger partial charge >= 0.3 is 0 Å². The second kappa shape index (κ2) is 2.02. The van der Waals surface area contributed by atoms with Crippen LogP contribution in [-0.4, -0.2) is 24.0 Å². The molecule has 1 nitrogen and oxygen atoms in total. The summed E-state index contributed by atoms with van der Waals surface area (Å²) < 4.78 is 12.0. The summed E-state index contributed by atoms with van der Waals surface area (Å²) in [5, 5.41) is 0. The molecule has 1 fully saturated rings. The molecule has 1 aliphatic rings. The van der Waals surface area contributed by atoms with E-state index in [0.717, 1.165) is 0 Å². The van der Waals surface area contributed by atoms with E-state index in [1.807, 2.05) is 0 Å². The van der Waals surface area contributed by atoms with E-state index in [1.165, 1.54) is 0 Å². The van der Waals surface area contributed by atoms with Crippen LogP contribution in [0.25, 0.3) is 0 Å². The number of halogens is 1. The predicted octanol–water partition coefficient (Wildman–Crippen LogP) is 1.21. The zero-order valence-corrected chi connectivity index (χ0v) is 5.32. The predicted molar refractivity (Wildman–Crippen MR) is 31.1 cm³/mol. The van der Waals surface area contributed by atoms with Crippen LogP contribution in [0, 0.1) is 6.17 Å². The minimum atomic E-state index is 0.124. The molecule has 1 heterocycles. The van der Waals surface area contributed by atoms with Crippen molar-refractivity contribution in [1.82, 2.24) is 4.90 Å². The second-order valence-corrected chi connectivity index (χ2v) is 2.52. The Morgan fingerprint density at radius 2 is 2.00 bits per heavy atom. The van der Waals surface area contributed by atoms with Crippen molar-refractivity contribution in [3.8, 4) is 0 Å². The number of nitrogens with zero attached hydrogens (tertiary/aromatic N) is 1. The van der Waals surface area contributed by atoms with Gasteiger partial charge in [-0.05, 0) is 13.8 Å². The van der Waals surface area contributed by atoms with Gasteiger partial charge in [0, 0.05) is 19.1 Å². The monoisotopic (exact) mass is 116 g/mol. The van der Waals surface area contributed by atoms with Crippen LogP contribution in [0.15, 0.2) is 0 Å². The van der Waals surface area contributed by atoms with E-state index in [2.05, 4.69) is 18.7 Å². The maximum atomic E-state index is 12.0. The lowest BCUT2D eigenvalue weighted by Gasteiger charge is -2.36. The molecule has 8 heavy (non-hydrogen) atoms. The highest BCUT2D eigenvalue weighted by Crippen LogP contribution is 2.20. The number of likely N-dealkylation sites (tertiary alicyclic amines) is 1. The third-order valence-electron chi connectivity index (χ3n) is 1.48. The Bertz CT molecular complexity index is 76.6. The van der Waals surface area contributed by atoms with Gasteiger partial charge in [0.1, 0.15) is 0 Å². The first kappa shape index (κ1) is 6.02. The molecule has 1 rings (SSSR count). The van der Waals surface area contributed by atoms with Crippen molar-refractivity contribution >= 4 is 0 Å².